The first-order chi connectivity index (χ1) is 7.19. The summed E-state index contributed by atoms with van der Waals surface area (Å²) in [6.45, 7) is 0. The van der Waals surface area contributed by atoms with Crippen LogP contribution in [0.5, 0.6) is 0 Å². The minimum atomic E-state index is -0.691. The number of carbonyl (C=O) groups excluding carboxylic acids is 1. The first kappa shape index (κ1) is 10.5. The van der Waals surface area contributed by atoms with E-state index in [-0.39, 0.29) is 11.4 Å². The maximum Gasteiger partial charge on any atom is 0.306 e. The van der Waals surface area contributed by atoms with E-state index in [2.05, 4.69) is 4.98 Å². The monoisotopic (exact) mass is 203 g/mol. The largest absolute Gasteiger partial charge is 0.306 e. The minimum absolute atomic E-state index is 0.247. The summed E-state index contributed by atoms with van der Waals surface area (Å²) in [5.74, 6) is 0. The fourth-order valence-electron chi connectivity index (χ4n) is 0.936. The van der Waals surface area contributed by atoms with Gasteiger partial charge in [0.1, 0.15) is 12.4 Å². The summed E-state index contributed by atoms with van der Waals surface area (Å²) in [7, 11) is 0. The minimum Gasteiger partial charge on any atom is -0.299 e. The summed E-state index contributed by atoms with van der Waals surface area (Å²) in [4.78, 5) is 23.5. The number of hydrogen-bond donors (Lipinski definition) is 0. The van der Waals surface area contributed by atoms with Crippen LogP contribution in [0.2, 0.25) is 0 Å². The van der Waals surface area contributed by atoms with E-state index in [0.29, 0.717) is 11.8 Å². The van der Waals surface area contributed by atoms with Crippen molar-refractivity contribution in [2.24, 2.45) is 0 Å². The van der Waals surface area contributed by atoms with Gasteiger partial charge in [-0.2, -0.15) is 5.26 Å². The molecule has 0 N–H and O–H groups in total. The highest BCUT2D eigenvalue weighted by Gasteiger charge is 2.14. The SMILES string of the molecule is N#Cc1ncc(C=CC=O)cc1[N+](=O)[O-]. The Morgan fingerprint density at radius 3 is 2.87 bits per heavy atom. The molecule has 0 aromatic carbocycles. The Kier molecular flexibility index (Phi) is 3.24. The molecule has 0 aliphatic carbocycles. The normalized spacial score (nSPS) is 9.80. The molecule has 0 aliphatic rings. The summed E-state index contributed by atoms with van der Waals surface area (Å²) in [6.07, 6.45) is 4.39. The summed E-state index contributed by atoms with van der Waals surface area (Å²) in [5, 5.41) is 19.1. The summed E-state index contributed by atoms with van der Waals surface area (Å²) >= 11 is 0. The van der Waals surface area contributed by atoms with E-state index in [9.17, 15) is 14.9 Å². The van der Waals surface area contributed by atoms with Crippen molar-refractivity contribution in [2.75, 3.05) is 0 Å². The third-order valence-corrected chi connectivity index (χ3v) is 1.56. The molecule has 0 spiro atoms. The van der Waals surface area contributed by atoms with Crippen molar-refractivity contribution in [3.63, 3.8) is 0 Å². The predicted octanol–water partition coefficient (Wildman–Crippen LogP) is 1.07. The molecule has 1 rings (SSSR count). The van der Waals surface area contributed by atoms with Crippen molar-refractivity contribution in [2.45, 2.75) is 0 Å². The Morgan fingerprint density at radius 1 is 1.60 bits per heavy atom. The number of rotatable bonds is 3. The van der Waals surface area contributed by atoms with Crippen molar-refractivity contribution in [3.05, 3.63) is 39.7 Å². The Balaban J connectivity index is 3.23. The lowest BCUT2D eigenvalue weighted by Gasteiger charge is -1.95. The number of hydrogen-bond acceptors (Lipinski definition) is 5. The van der Waals surface area contributed by atoms with Crippen LogP contribution in [-0.4, -0.2) is 16.2 Å². The average Bonchev–Trinajstić information content (AvgIpc) is 2.25. The highest BCUT2D eigenvalue weighted by Crippen LogP contribution is 2.17. The number of pyridine rings is 1. The van der Waals surface area contributed by atoms with Gasteiger partial charge < -0.3 is 0 Å². The summed E-state index contributed by atoms with van der Waals surface area (Å²) in [6, 6.07) is 2.80. The molecular formula is C9H5N3O3. The molecule has 1 heterocycles. The van der Waals surface area contributed by atoms with Crippen molar-refractivity contribution < 1.29 is 9.72 Å². The van der Waals surface area contributed by atoms with Crippen LogP contribution < -0.4 is 0 Å². The highest BCUT2D eigenvalue weighted by molar-refractivity contribution is 5.74. The molecule has 6 nitrogen and oxygen atoms in total. The van der Waals surface area contributed by atoms with Crippen LogP contribution in [0, 0.1) is 21.4 Å². The van der Waals surface area contributed by atoms with Crippen molar-refractivity contribution in [1.82, 2.24) is 4.98 Å². The summed E-state index contributed by atoms with van der Waals surface area (Å²) in [5.41, 5.74) is -0.221. The molecule has 0 bridgehead atoms. The molecule has 0 atom stereocenters. The Hall–Kier alpha value is -2.55. The maximum absolute atomic E-state index is 10.5. The van der Waals surface area contributed by atoms with E-state index in [1.54, 1.807) is 6.07 Å². The molecule has 1 aromatic heterocycles. The van der Waals surface area contributed by atoms with Gasteiger partial charge in [0.15, 0.2) is 0 Å². The third kappa shape index (κ3) is 2.45. The molecule has 74 valence electrons. The van der Waals surface area contributed by atoms with E-state index < -0.39 is 4.92 Å². The van der Waals surface area contributed by atoms with Crippen LogP contribution in [0.25, 0.3) is 6.08 Å². The van der Waals surface area contributed by atoms with Crippen LogP contribution in [0.1, 0.15) is 11.3 Å². The zero-order chi connectivity index (χ0) is 11.3. The smallest absolute Gasteiger partial charge is 0.299 e. The fraction of sp³-hybridized carbons (Fsp3) is 0. The second-order valence-corrected chi connectivity index (χ2v) is 2.50. The molecule has 0 amide bonds. The van der Waals surface area contributed by atoms with Gasteiger partial charge in [-0.05, 0) is 17.7 Å². The van der Waals surface area contributed by atoms with Crippen LogP contribution in [0.3, 0.4) is 0 Å². The van der Waals surface area contributed by atoms with Gasteiger partial charge >= 0.3 is 5.69 Å². The van der Waals surface area contributed by atoms with Gasteiger partial charge in [-0.3, -0.25) is 14.9 Å². The average molecular weight is 203 g/mol. The maximum atomic E-state index is 10.5. The van der Waals surface area contributed by atoms with Crippen LogP contribution in [-0.2, 0) is 4.79 Å². The van der Waals surface area contributed by atoms with Gasteiger partial charge in [0.2, 0.25) is 5.69 Å². The zero-order valence-corrected chi connectivity index (χ0v) is 7.45. The van der Waals surface area contributed by atoms with Gasteiger partial charge in [-0.1, -0.05) is 0 Å². The van der Waals surface area contributed by atoms with Gasteiger partial charge in [0, 0.05) is 12.3 Å². The van der Waals surface area contributed by atoms with Crippen molar-refractivity contribution in [3.8, 4) is 6.07 Å². The molecule has 0 radical (unpaired) electrons. The first-order valence-electron chi connectivity index (χ1n) is 3.85. The topological polar surface area (TPSA) is 96.9 Å². The van der Waals surface area contributed by atoms with E-state index in [4.69, 9.17) is 5.26 Å². The number of allylic oxidation sites excluding steroid dienone is 1. The third-order valence-electron chi connectivity index (χ3n) is 1.56. The molecule has 0 saturated carbocycles. The van der Waals surface area contributed by atoms with E-state index in [1.165, 1.54) is 24.4 Å². The fourth-order valence-corrected chi connectivity index (χ4v) is 0.936. The van der Waals surface area contributed by atoms with E-state index in [0.717, 1.165) is 0 Å². The Labute approximate surface area is 84.6 Å². The number of nitriles is 1. The number of aromatic nitrogens is 1. The van der Waals surface area contributed by atoms with Gasteiger partial charge in [-0.15, -0.1) is 0 Å². The lowest BCUT2D eigenvalue weighted by molar-refractivity contribution is -0.385. The molecule has 1 aromatic rings. The second-order valence-electron chi connectivity index (χ2n) is 2.50. The number of nitrogens with zero attached hydrogens (tertiary/aromatic N) is 3. The quantitative estimate of drug-likeness (QED) is 0.317. The molecule has 6 heteroatoms. The second kappa shape index (κ2) is 4.62. The molecule has 0 aliphatic heterocycles. The van der Waals surface area contributed by atoms with Crippen LogP contribution in [0.4, 0.5) is 5.69 Å². The van der Waals surface area contributed by atoms with E-state index >= 15 is 0 Å². The van der Waals surface area contributed by atoms with E-state index in [1.807, 2.05) is 0 Å². The van der Waals surface area contributed by atoms with Crippen LogP contribution in [0.15, 0.2) is 18.3 Å². The Bertz CT molecular complexity index is 474. The Morgan fingerprint density at radius 2 is 2.33 bits per heavy atom. The molecule has 0 unspecified atom stereocenters. The van der Waals surface area contributed by atoms with Gasteiger partial charge in [-0.25, -0.2) is 4.98 Å². The standard InChI is InChI=1S/C9H5N3O3/c10-5-8-9(12(14)15)4-7(6-11-8)2-1-3-13/h1-4,6H. The van der Waals surface area contributed by atoms with Gasteiger partial charge in [0.25, 0.3) is 0 Å². The lowest BCUT2D eigenvalue weighted by atomic mass is 10.2. The van der Waals surface area contributed by atoms with Crippen molar-refractivity contribution in [1.29, 1.82) is 5.26 Å². The molecule has 0 saturated heterocycles. The predicted molar refractivity (Wildman–Crippen MR) is 50.7 cm³/mol. The molecular weight excluding hydrogens is 198 g/mol. The number of aldehydes is 1. The van der Waals surface area contributed by atoms with Crippen molar-refractivity contribution >= 4 is 18.0 Å². The first-order valence-corrected chi connectivity index (χ1v) is 3.85. The number of nitro groups is 1. The summed E-state index contributed by atoms with van der Waals surface area (Å²) < 4.78 is 0. The number of carbonyl (C=O) groups is 1. The van der Waals surface area contributed by atoms with Crippen LogP contribution >= 0.6 is 0 Å². The lowest BCUT2D eigenvalue weighted by Crippen LogP contribution is -1.95. The van der Waals surface area contributed by atoms with Gasteiger partial charge in [0.05, 0.1) is 4.92 Å². The molecule has 15 heavy (non-hydrogen) atoms. The zero-order valence-electron chi connectivity index (χ0n) is 7.45. The molecule has 0 fully saturated rings. The highest BCUT2D eigenvalue weighted by atomic mass is 16.6.